The summed E-state index contributed by atoms with van der Waals surface area (Å²) in [5.41, 5.74) is 0.811. The van der Waals surface area contributed by atoms with Crippen molar-refractivity contribution in [1.29, 1.82) is 0 Å². The molecule has 3 aromatic rings. The van der Waals surface area contributed by atoms with Crippen LogP contribution in [0.25, 0.3) is 11.5 Å². The van der Waals surface area contributed by atoms with E-state index >= 15 is 0 Å². The quantitative estimate of drug-likeness (QED) is 0.674. The third-order valence-electron chi connectivity index (χ3n) is 2.71. The van der Waals surface area contributed by atoms with E-state index in [-0.39, 0.29) is 11.6 Å². The summed E-state index contributed by atoms with van der Waals surface area (Å²) < 4.78 is 31.6. The molecule has 108 valence electrons. The maximum Gasteiger partial charge on any atom is 0.319 e. The van der Waals surface area contributed by atoms with E-state index in [1.54, 1.807) is 0 Å². The Morgan fingerprint density at radius 1 is 1.19 bits per heavy atom. The zero-order valence-electron chi connectivity index (χ0n) is 10.7. The molecule has 2 heterocycles. The maximum absolute atomic E-state index is 12.7. The summed E-state index contributed by atoms with van der Waals surface area (Å²) in [6, 6.07) is 9.33. The van der Waals surface area contributed by atoms with Crippen molar-refractivity contribution < 1.29 is 13.2 Å². The number of imidazole rings is 1. The van der Waals surface area contributed by atoms with Crippen molar-refractivity contribution in [1.82, 2.24) is 19.7 Å². The number of rotatable bonds is 5. The molecule has 0 aliphatic rings. The lowest BCUT2D eigenvalue weighted by Crippen LogP contribution is -2.01. The highest BCUT2D eigenvalue weighted by Gasteiger charge is 2.14. The van der Waals surface area contributed by atoms with Gasteiger partial charge in [-0.2, -0.15) is 8.78 Å². The fourth-order valence-corrected chi connectivity index (χ4v) is 2.44. The van der Waals surface area contributed by atoms with Gasteiger partial charge in [0.15, 0.2) is 0 Å². The van der Waals surface area contributed by atoms with Gasteiger partial charge in [-0.15, -0.1) is 10.2 Å². The zero-order valence-corrected chi connectivity index (χ0v) is 11.5. The van der Waals surface area contributed by atoms with Gasteiger partial charge in [-0.25, -0.2) is 4.98 Å². The topological polar surface area (TPSA) is 56.7 Å². The first kappa shape index (κ1) is 13.7. The van der Waals surface area contributed by atoms with Gasteiger partial charge in [0.25, 0.3) is 5.22 Å². The molecule has 5 nitrogen and oxygen atoms in total. The largest absolute Gasteiger partial charge is 0.411 e. The highest BCUT2D eigenvalue weighted by Crippen LogP contribution is 2.26. The average molecular weight is 308 g/mol. The molecular formula is C13H10F2N4OS. The second-order valence-electron chi connectivity index (χ2n) is 4.06. The third-order valence-corrected chi connectivity index (χ3v) is 3.53. The minimum atomic E-state index is -2.61. The molecule has 3 rings (SSSR count). The molecule has 8 heteroatoms. The number of aromatic nitrogens is 4. The van der Waals surface area contributed by atoms with Crippen LogP contribution in [-0.4, -0.2) is 19.7 Å². The molecule has 0 N–H and O–H groups in total. The smallest absolute Gasteiger partial charge is 0.319 e. The van der Waals surface area contributed by atoms with Crippen molar-refractivity contribution in [2.45, 2.75) is 17.5 Å². The summed E-state index contributed by atoms with van der Waals surface area (Å²) in [4.78, 5) is 3.89. The number of hydrogen-bond acceptors (Lipinski definition) is 5. The second kappa shape index (κ2) is 6.04. The fourth-order valence-electron chi connectivity index (χ4n) is 1.73. The molecule has 0 aliphatic carbocycles. The van der Waals surface area contributed by atoms with Gasteiger partial charge in [0.05, 0.1) is 5.75 Å². The first-order chi connectivity index (χ1) is 10.2. The van der Waals surface area contributed by atoms with Crippen LogP contribution in [0.15, 0.2) is 52.4 Å². The molecular weight excluding hydrogens is 298 g/mol. The van der Waals surface area contributed by atoms with Gasteiger partial charge in [-0.05, 0) is 12.1 Å². The number of thioether (sulfide) groups is 1. The van der Waals surface area contributed by atoms with Gasteiger partial charge >= 0.3 is 6.55 Å². The molecule has 0 saturated heterocycles. The number of halogens is 2. The molecule has 0 bridgehead atoms. The van der Waals surface area contributed by atoms with Crippen LogP contribution < -0.4 is 0 Å². The maximum atomic E-state index is 12.7. The molecule has 0 spiro atoms. The lowest BCUT2D eigenvalue weighted by atomic mass is 10.2. The lowest BCUT2D eigenvalue weighted by molar-refractivity contribution is 0.0678. The van der Waals surface area contributed by atoms with Gasteiger partial charge in [-0.1, -0.05) is 30.0 Å². The highest BCUT2D eigenvalue weighted by atomic mass is 32.2. The lowest BCUT2D eigenvalue weighted by Gasteiger charge is -2.04. The summed E-state index contributed by atoms with van der Waals surface area (Å²) in [5.74, 6) is 0.887. The summed E-state index contributed by atoms with van der Waals surface area (Å²) >= 11 is 1.17. The number of benzene rings is 1. The molecule has 1 aromatic carbocycles. The van der Waals surface area contributed by atoms with E-state index in [0.29, 0.717) is 11.1 Å². The number of nitrogens with zero attached hydrogens (tertiary/aromatic N) is 4. The van der Waals surface area contributed by atoms with E-state index < -0.39 is 6.55 Å². The molecule has 0 amide bonds. The first-order valence-electron chi connectivity index (χ1n) is 6.05. The molecule has 0 radical (unpaired) electrons. The predicted octanol–water partition coefficient (Wildman–Crippen LogP) is 3.62. The third kappa shape index (κ3) is 3.10. The van der Waals surface area contributed by atoms with Crippen molar-refractivity contribution in [2.24, 2.45) is 0 Å². The van der Waals surface area contributed by atoms with Crippen molar-refractivity contribution >= 4 is 11.8 Å². The minimum absolute atomic E-state index is 0.230. The van der Waals surface area contributed by atoms with Gasteiger partial charge in [0.1, 0.15) is 5.82 Å². The molecule has 21 heavy (non-hydrogen) atoms. The highest BCUT2D eigenvalue weighted by molar-refractivity contribution is 7.98. The Morgan fingerprint density at radius 3 is 2.76 bits per heavy atom. The van der Waals surface area contributed by atoms with E-state index in [4.69, 9.17) is 4.42 Å². The Morgan fingerprint density at radius 2 is 2.00 bits per heavy atom. The molecule has 0 fully saturated rings. The SMILES string of the molecule is FC(F)n1ccnc1CSc1nnc(-c2ccccc2)o1. The van der Waals surface area contributed by atoms with Gasteiger partial charge in [0, 0.05) is 18.0 Å². The Labute approximate surface area is 123 Å². The second-order valence-corrected chi connectivity index (χ2v) is 4.98. The van der Waals surface area contributed by atoms with Crippen LogP contribution in [0.5, 0.6) is 0 Å². The van der Waals surface area contributed by atoms with Crippen molar-refractivity contribution in [3.63, 3.8) is 0 Å². The van der Waals surface area contributed by atoms with Crippen LogP contribution in [0.3, 0.4) is 0 Å². The average Bonchev–Trinajstić information content (AvgIpc) is 3.15. The first-order valence-corrected chi connectivity index (χ1v) is 7.04. The number of hydrogen-bond donors (Lipinski definition) is 0. The van der Waals surface area contributed by atoms with Gasteiger partial charge in [-0.3, -0.25) is 4.57 Å². The van der Waals surface area contributed by atoms with Gasteiger partial charge in [0.2, 0.25) is 5.89 Å². The Kier molecular flexibility index (Phi) is 3.96. The van der Waals surface area contributed by atoms with Crippen molar-refractivity contribution in [3.05, 3.63) is 48.5 Å². The van der Waals surface area contributed by atoms with E-state index in [0.717, 1.165) is 10.1 Å². The monoisotopic (exact) mass is 308 g/mol. The molecule has 0 aliphatic heterocycles. The van der Waals surface area contributed by atoms with E-state index in [9.17, 15) is 8.78 Å². The van der Waals surface area contributed by atoms with Crippen LogP contribution in [0, 0.1) is 0 Å². The Hall–Kier alpha value is -2.22. The van der Waals surface area contributed by atoms with Crippen LogP contribution in [0.2, 0.25) is 0 Å². The van der Waals surface area contributed by atoms with Crippen LogP contribution in [0.4, 0.5) is 8.78 Å². The standard InChI is InChI=1S/C13H10F2N4OS/c14-12(15)19-7-6-16-10(19)8-21-13-18-17-11(20-13)9-4-2-1-3-5-9/h1-7,12H,8H2. The predicted molar refractivity (Wildman–Crippen MR) is 72.8 cm³/mol. The zero-order chi connectivity index (χ0) is 14.7. The minimum Gasteiger partial charge on any atom is -0.411 e. The molecule has 0 unspecified atom stereocenters. The van der Waals surface area contributed by atoms with Gasteiger partial charge < -0.3 is 4.42 Å². The Balaban J connectivity index is 1.69. The summed E-state index contributed by atoms with van der Waals surface area (Å²) in [6.45, 7) is -2.61. The Bertz CT molecular complexity index is 714. The normalized spacial score (nSPS) is 11.2. The van der Waals surface area contributed by atoms with E-state index in [2.05, 4.69) is 15.2 Å². The van der Waals surface area contributed by atoms with Crippen molar-refractivity contribution in [3.8, 4) is 11.5 Å². The fraction of sp³-hybridized carbons (Fsp3) is 0.154. The summed E-state index contributed by atoms with van der Waals surface area (Å²) in [6.07, 6.45) is 2.58. The van der Waals surface area contributed by atoms with Crippen LogP contribution in [0.1, 0.15) is 12.4 Å². The van der Waals surface area contributed by atoms with Crippen LogP contribution in [-0.2, 0) is 5.75 Å². The molecule has 0 saturated carbocycles. The number of alkyl halides is 2. The molecule has 2 aromatic heterocycles. The van der Waals surface area contributed by atoms with Crippen LogP contribution >= 0.6 is 11.8 Å². The molecule has 0 atom stereocenters. The van der Waals surface area contributed by atoms with E-state index in [1.807, 2.05) is 30.3 Å². The van der Waals surface area contributed by atoms with Crippen molar-refractivity contribution in [2.75, 3.05) is 0 Å². The summed E-state index contributed by atoms with van der Waals surface area (Å²) in [5, 5.41) is 8.14. The van der Waals surface area contributed by atoms with E-state index in [1.165, 1.54) is 24.2 Å². The summed E-state index contributed by atoms with van der Waals surface area (Å²) in [7, 11) is 0.